The Morgan fingerprint density at radius 2 is 2.29 bits per heavy atom. The van der Waals surface area contributed by atoms with Crippen LogP contribution in [0, 0.1) is 5.92 Å². The lowest BCUT2D eigenvalue weighted by Crippen LogP contribution is -2.41. The second-order valence-corrected chi connectivity index (χ2v) is 5.31. The highest BCUT2D eigenvalue weighted by Gasteiger charge is 2.19. The van der Waals surface area contributed by atoms with E-state index in [2.05, 4.69) is 22.6 Å². The topological polar surface area (TPSA) is 44.4 Å². The van der Waals surface area contributed by atoms with Gasteiger partial charge in [0.25, 0.3) is 0 Å². The fourth-order valence-corrected chi connectivity index (χ4v) is 2.49. The number of hydrogen-bond acceptors (Lipinski definition) is 3. The summed E-state index contributed by atoms with van der Waals surface area (Å²) >= 11 is 0. The summed E-state index contributed by atoms with van der Waals surface area (Å²) in [7, 11) is 2.15. The van der Waals surface area contributed by atoms with Crippen molar-refractivity contribution in [2.45, 2.75) is 19.8 Å². The van der Waals surface area contributed by atoms with Crippen LogP contribution in [0.1, 0.15) is 19.8 Å². The smallest absolute Gasteiger partial charge is 0.246 e. The number of piperidine rings is 1. The van der Waals surface area contributed by atoms with Crippen molar-refractivity contribution < 1.29 is 4.79 Å². The van der Waals surface area contributed by atoms with Gasteiger partial charge in [0.1, 0.15) is 0 Å². The van der Waals surface area contributed by atoms with Gasteiger partial charge in [0.2, 0.25) is 5.91 Å². The highest BCUT2D eigenvalue weighted by Crippen LogP contribution is 2.14. The van der Waals surface area contributed by atoms with Crippen LogP contribution < -0.4 is 10.6 Å². The molecule has 17 heavy (non-hydrogen) atoms. The molecule has 0 saturated carbocycles. The van der Waals surface area contributed by atoms with Crippen LogP contribution in [0.4, 0.5) is 0 Å². The van der Waals surface area contributed by atoms with Gasteiger partial charge in [-0.1, -0.05) is 0 Å². The molecule has 1 atom stereocenters. The first kappa shape index (κ1) is 12.6. The predicted octanol–water partition coefficient (Wildman–Crippen LogP) is 0.364. The Morgan fingerprint density at radius 1 is 1.53 bits per heavy atom. The highest BCUT2D eigenvalue weighted by molar-refractivity contribution is 5.93. The summed E-state index contributed by atoms with van der Waals surface area (Å²) in [5.74, 6) is 0.741. The lowest BCUT2D eigenvalue weighted by atomic mass is 9.98. The van der Waals surface area contributed by atoms with Gasteiger partial charge < -0.3 is 15.5 Å². The van der Waals surface area contributed by atoms with E-state index in [0.29, 0.717) is 5.92 Å². The van der Waals surface area contributed by atoms with E-state index in [9.17, 15) is 4.79 Å². The minimum Gasteiger partial charge on any atom is -0.352 e. The predicted molar refractivity (Wildman–Crippen MR) is 68.8 cm³/mol. The SMILES string of the molecule is CC(C(=O)NCC1CCCN(C)C1)=C1CNC1. The lowest BCUT2D eigenvalue weighted by Gasteiger charge is -2.30. The van der Waals surface area contributed by atoms with E-state index in [0.717, 1.165) is 31.8 Å². The number of hydrogen-bond donors (Lipinski definition) is 2. The molecule has 2 aliphatic heterocycles. The molecular weight excluding hydrogens is 214 g/mol. The second-order valence-electron chi connectivity index (χ2n) is 5.31. The van der Waals surface area contributed by atoms with Gasteiger partial charge in [-0.05, 0) is 44.8 Å². The molecule has 0 aromatic carbocycles. The highest BCUT2D eigenvalue weighted by atomic mass is 16.1. The van der Waals surface area contributed by atoms with Gasteiger partial charge in [-0.3, -0.25) is 4.79 Å². The van der Waals surface area contributed by atoms with Gasteiger partial charge in [-0.2, -0.15) is 0 Å². The van der Waals surface area contributed by atoms with Gasteiger partial charge in [-0.15, -0.1) is 0 Å². The third-order valence-corrected chi connectivity index (χ3v) is 3.82. The number of carbonyl (C=O) groups is 1. The van der Waals surface area contributed by atoms with Gasteiger partial charge in [-0.25, -0.2) is 0 Å². The van der Waals surface area contributed by atoms with Crippen LogP contribution in [0.2, 0.25) is 0 Å². The van der Waals surface area contributed by atoms with Crippen molar-refractivity contribution in [3.63, 3.8) is 0 Å². The van der Waals surface area contributed by atoms with Crippen LogP contribution in [0.3, 0.4) is 0 Å². The molecule has 2 rings (SSSR count). The van der Waals surface area contributed by atoms with Crippen LogP contribution in [0.25, 0.3) is 0 Å². The Kier molecular flexibility index (Phi) is 4.18. The Bertz CT molecular complexity index is 319. The molecule has 0 spiro atoms. The zero-order valence-corrected chi connectivity index (χ0v) is 10.9. The first-order chi connectivity index (χ1) is 8.16. The summed E-state index contributed by atoms with van der Waals surface area (Å²) in [4.78, 5) is 14.2. The molecule has 4 heteroatoms. The summed E-state index contributed by atoms with van der Waals surface area (Å²) in [5, 5.41) is 6.23. The van der Waals surface area contributed by atoms with Crippen molar-refractivity contribution >= 4 is 5.91 Å². The Morgan fingerprint density at radius 3 is 2.88 bits per heavy atom. The van der Waals surface area contributed by atoms with Crippen LogP contribution in [0.5, 0.6) is 0 Å². The standard InChI is InChI=1S/C13H23N3O/c1-10(12-7-14-8-12)13(17)15-6-11-4-3-5-16(2)9-11/h11,14H,3-9H2,1-2H3,(H,15,17). The van der Waals surface area contributed by atoms with Gasteiger partial charge in [0.15, 0.2) is 0 Å². The molecule has 0 aliphatic carbocycles. The van der Waals surface area contributed by atoms with Crippen LogP contribution in [-0.2, 0) is 4.79 Å². The molecule has 2 saturated heterocycles. The number of carbonyl (C=O) groups excluding carboxylic acids is 1. The summed E-state index contributed by atoms with van der Waals surface area (Å²) in [5.41, 5.74) is 2.16. The van der Waals surface area contributed by atoms with Gasteiger partial charge in [0.05, 0.1) is 0 Å². The maximum Gasteiger partial charge on any atom is 0.246 e. The largest absolute Gasteiger partial charge is 0.352 e. The fraction of sp³-hybridized carbons (Fsp3) is 0.769. The summed E-state index contributed by atoms with van der Waals surface area (Å²) in [6, 6.07) is 0. The Labute approximate surface area is 103 Å². The Hall–Kier alpha value is -0.870. The summed E-state index contributed by atoms with van der Waals surface area (Å²) in [6.45, 7) is 6.81. The van der Waals surface area contributed by atoms with Gasteiger partial charge in [0, 0.05) is 31.8 Å². The monoisotopic (exact) mass is 237 g/mol. The van der Waals surface area contributed by atoms with Crippen molar-refractivity contribution in [3.05, 3.63) is 11.1 Å². The third-order valence-electron chi connectivity index (χ3n) is 3.82. The van der Waals surface area contributed by atoms with E-state index in [4.69, 9.17) is 0 Å². The molecule has 4 nitrogen and oxygen atoms in total. The molecule has 2 N–H and O–H groups in total. The molecule has 0 aromatic rings. The summed E-state index contributed by atoms with van der Waals surface area (Å²) < 4.78 is 0. The van der Waals surface area contributed by atoms with Gasteiger partial charge >= 0.3 is 0 Å². The van der Waals surface area contributed by atoms with E-state index in [1.807, 2.05) is 6.92 Å². The lowest BCUT2D eigenvalue weighted by molar-refractivity contribution is -0.117. The average Bonchev–Trinajstić information content (AvgIpc) is 2.23. The number of rotatable bonds is 3. The van der Waals surface area contributed by atoms with E-state index >= 15 is 0 Å². The van der Waals surface area contributed by atoms with Crippen molar-refractivity contribution in [3.8, 4) is 0 Å². The minimum absolute atomic E-state index is 0.120. The first-order valence-corrected chi connectivity index (χ1v) is 6.53. The van der Waals surface area contributed by atoms with Crippen molar-refractivity contribution in [1.29, 1.82) is 0 Å². The molecular formula is C13H23N3O. The number of nitrogens with zero attached hydrogens (tertiary/aromatic N) is 1. The first-order valence-electron chi connectivity index (χ1n) is 6.53. The molecule has 1 amide bonds. The van der Waals surface area contributed by atoms with Crippen molar-refractivity contribution in [2.24, 2.45) is 5.92 Å². The van der Waals surface area contributed by atoms with Crippen LogP contribution >= 0.6 is 0 Å². The maximum absolute atomic E-state index is 11.9. The number of likely N-dealkylation sites (tertiary alicyclic amines) is 1. The molecule has 0 radical (unpaired) electrons. The molecule has 96 valence electrons. The average molecular weight is 237 g/mol. The molecule has 1 unspecified atom stereocenters. The number of amides is 1. The quantitative estimate of drug-likeness (QED) is 0.697. The molecule has 2 fully saturated rings. The van der Waals surface area contributed by atoms with E-state index in [1.165, 1.54) is 25.0 Å². The zero-order chi connectivity index (χ0) is 12.3. The molecule has 0 bridgehead atoms. The number of nitrogens with one attached hydrogen (secondary N) is 2. The molecule has 0 aromatic heterocycles. The molecule has 2 aliphatic rings. The van der Waals surface area contributed by atoms with Crippen molar-refractivity contribution in [1.82, 2.24) is 15.5 Å². The van der Waals surface area contributed by atoms with Crippen LogP contribution in [-0.4, -0.2) is 50.6 Å². The fourth-order valence-electron chi connectivity index (χ4n) is 2.49. The Balaban J connectivity index is 1.76. The zero-order valence-electron chi connectivity index (χ0n) is 10.9. The van der Waals surface area contributed by atoms with Crippen molar-refractivity contribution in [2.75, 3.05) is 39.8 Å². The van der Waals surface area contributed by atoms with E-state index in [-0.39, 0.29) is 5.91 Å². The summed E-state index contributed by atoms with van der Waals surface area (Å²) in [6.07, 6.45) is 2.49. The minimum atomic E-state index is 0.120. The molecule has 2 heterocycles. The van der Waals surface area contributed by atoms with Crippen LogP contribution in [0.15, 0.2) is 11.1 Å². The normalized spacial score (nSPS) is 25.3. The van der Waals surface area contributed by atoms with E-state index in [1.54, 1.807) is 0 Å². The second kappa shape index (κ2) is 5.65. The maximum atomic E-state index is 11.9. The third kappa shape index (κ3) is 3.30. The van der Waals surface area contributed by atoms with E-state index < -0.39 is 0 Å².